The van der Waals surface area contributed by atoms with E-state index in [4.69, 9.17) is 25.8 Å². The van der Waals surface area contributed by atoms with Gasteiger partial charge in [-0.25, -0.2) is 4.79 Å². The van der Waals surface area contributed by atoms with Gasteiger partial charge in [-0.2, -0.15) is 5.26 Å². The van der Waals surface area contributed by atoms with E-state index in [2.05, 4.69) is 22.0 Å². The van der Waals surface area contributed by atoms with Crippen LogP contribution in [0, 0.1) is 11.3 Å². The lowest BCUT2D eigenvalue weighted by Crippen LogP contribution is -2.18. The van der Waals surface area contributed by atoms with Gasteiger partial charge in [0.2, 0.25) is 0 Å². The number of allylic oxidation sites excluding steroid dienone is 1. The molecule has 0 aliphatic rings. The van der Waals surface area contributed by atoms with Gasteiger partial charge < -0.3 is 14.2 Å². The van der Waals surface area contributed by atoms with Crippen molar-refractivity contribution in [2.75, 3.05) is 13.7 Å². The van der Waals surface area contributed by atoms with E-state index in [-0.39, 0.29) is 12.4 Å². The Bertz CT molecular complexity index is 1140. The molecule has 7 heteroatoms. The van der Waals surface area contributed by atoms with E-state index in [1.807, 2.05) is 12.1 Å². The van der Waals surface area contributed by atoms with Crippen LogP contribution >= 0.6 is 27.5 Å². The summed E-state index contributed by atoms with van der Waals surface area (Å²) in [4.78, 5) is 12.2. The van der Waals surface area contributed by atoms with Crippen molar-refractivity contribution in [1.29, 1.82) is 5.26 Å². The SMILES string of the molecule is COc1cc(C=C(C#N)c2ccc(Cl)cc2)ccc1OC(=O)COc1ccc(Br)cc1. The molecule has 0 heterocycles. The van der Waals surface area contributed by atoms with Gasteiger partial charge in [0.05, 0.1) is 18.8 Å². The molecule has 156 valence electrons. The summed E-state index contributed by atoms with van der Waals surface area (Å²) in [6, 6.07) is 21.3. The molecule has 0 amide bonds. The molecular formula is C24H17BrClNO4. The van der Waals surface area contributed by atoms with E-state index in [0.717, 1.165) is 10.0 Å². The Balaban J connectivity index is 1.71. The van der Waals surface area contributed by atoms with E-state index in [0.29, 0.717) is 27.7 Å². The van der Waals surface area contributed by atoms with Gasteiger partial charge in [0.25, 0.3) is 0 Å². The molecule has 0 saturated heterocycles. The van der Waals surface area contributed by atoms with E-state index >= 15 is 0 Å². The molecule has 0 aliphatic heterocycles. The molecule has 0 aliphatic carbocycles. The molecule has 0 fully saturated rings. The minimum atomic E-state index is -0.566. The van der Waals surface area contributed by atoms with Crippen LogP contribution in [0.1, 0.15) is 11.1 Å². The molecule has 31 heavy (non-hydrogen) atoms. The molecule has 0 saturated carbocycles. The number of hydrogen-bond donors (Lipinski definition) is 0. The lowest BCUT2D eigenvalue weighted by molar-refractivity contribution is -0.136. The van der Waals surface area contributed by atoms with Gasteiger partial charge in [-0.15, -0.1) is 0 Å². The normalized spacial score (nSPS) is 10.8. The van der Waals surface area contributed by atoms with Gasteiger partial charge in [0.1, 0.15) is 5.75 Å². The second-order valence-corrected chi connectivity index (χ2v) is 7.66. The molecule has 0 atom stereocenters. The number of nitriles is 1. The average Bonchev–Trinajstić information content (AvgIpc) is 2.78. The predicted octanol–water partition coefficient (Wildman–Crippen LogP) is 6.16. The summed E-state index contributed by atoms with van der Waals surface area (Å²) in [5.41, 5.74) is 1.92. The molecule has 3 aromatic carbocycles. The number of carbonyl (C=O) groups is 1. The number of carbonyl (C=O) groups excluding carboxylic acids is 1. The summed E-state index contributed by atoms with van der Waals surface area (Å²) in [7, 11) is 1.48. The van der Waals surface area contributed by atoms with Crippen LogP contribution in [-0.4, -0.2) is 19.7 Å². The van der Waals surface area contributed by atoms with Crippen molar-refractivity contribution < 1.29 is 19.0 Å². The number of hydrogen-bond acceptors (Lipinski definition) is 5. The van der Waals surface area contributed by atoms with E-state index in [1.165, 1.54) is 7.11 Å². The molecule has 0 bridgehead atoms. The molecule has 0 spiro atoms. The number of rotatable bonds is 7. The predicted molar refractivity (Wildman–Crippen MR) is 123 cm³/mol. The lowest BCUT2D eigenvalue weighted by Gasteiger charge is -2.11. The Morgan fingerprint density at radius 2 is 1.77 bits per heavy atom. The zero-order chi connectivity index (χ0) is 22.2. The van der Waals surface area contributed by atoms with Crippen molar-refractivity contribution in [1.82, 2.24) is 0 Å². The summed E-state index contributed by atoms with van der Waals surface area (Å²) in [6.45, 7) is -0.248. The lowest BCUT2D eigenvalue weighted by atomic mass is 10.0. The summed E-state index contributed by atoms with van der Waals surface area (Å²) < 4.78 is 17.1. The smallest absolute Gasteiger partial charge is 0.349 e. The third-order valence-corrected chi connectivity index (χ3v) is 4.95. The number of ether oxygens (including phenoxy) is 3. The van der Waals surface area contributed by atoms with Crippen molar-refractivity contribution >= 4 is 45.1 Å². The van der Waals surface area contributed by atoms with Crippen LogP contribution in [0.4, 0.5) is 0 Å². The third-order valence-electron chi connectivity index (χ3n) is 4.17. The standard InChI is InChI=1S/C24H17BrClNO4/c1-29-23-13-16(12-18(14-27)17-3-7-20(26)8-4-17)2-11-22(23)31-24(28)15-30-21-9-5-19(25)6-10-21/h2-13H,15H2,1H3. The van der Waals surface area contributed by atoms with Gasteiger partial charge in [-0.1, -0.05) is 45.7 Å². The summed E-state index contributed by atoms with van der Waals surface area (Å²) in [6.07, 6.45) is 1.72. The van der Waals surface area contributed by atoms with Crippen LogP contribution in [0.5, 0.6) is 17.2 Å². The van der Waals surface area contributed by atoms with Crippen LogP contribution in [0.25, 0.3) is 11.6 Å². The molecule has 3 rings (SSSR count). The Kier molecular flexibility index (Phi) is 7.71. The average molecular weight is 499 g/mol. The maximum atomic E-state index is 12.2. The third kappa shape index (κ3) is 6.35. The van der Waals surface area contributed by atoms with E-state index < -0.39 is 5.97 Å². The Hall–Kier alpha value is -3.27. The van der Waals surface area contributed by atoms with E-state index in [1.54, 1.807) is 60.7 Å². The van der Waals surface area contributed by atoms with Gasteiger partial charge in [0, 0.05) is 9.50 Å². The first-order valence-corrected chi connectivity index (χ1v) is 10.3. The molecular weight excluding hydrogens is 482 g/mol. The quantitative estimate of drug-likeness (QED) is 0.169. The molecule has 0 unspecified atom stereocenters. The van der Waals surface area contributed by atoms with Crippen LogP contribution in [0.15, 0.2) is 71.2 Å². The Morgan fingerprint density at radius 1 is 1.06 bits per heavy atom. The molecule has 0 N–H and O–H groups in total. The van der Waals surface area contributed by atoms with Crippen molar-refractivity contribution in [3.05, 3.63) is 87.4 Å². The van der Waals surface area contributed by atoms with E-state index in [9.17, 15) is 10.1 Å². The number of benzene rings is 3. The maximum Gasteiger partial charge on any atom is 0.349 e. The monoisotopic (exact) mass is 497 g/mol. The summed E-state index contributed by atoms with van der Waals surface area (Å²) in [5, 5.41) is 10.1. The van der Waals surface area contributed by atoms with Gasteiger partial charge in [-0.05, 0) is 65.7 Å². The second-order valence-electron chi connectivity index (χ2n) is 6.30. The van der Waals surface area contributed by atoms with Crippen molar-refractivity contribution in [3.63, 3.8) is 0 Å². The fraction of sp³-hybridized carbons (Fsp3) is 0.0833. The minimum Gasteiger partial charge on any atom is -0.493 e. The van der Waals surface area contributed by atoms with Crippen LogP contribution in [0.3, 0.4) is 0 Å². The number of nitrogens with zero attached hydrogens (tertiary/aromatic N) is 1. The first-order chi connectivity index (χ1) is 15.0. The zero-order valence-corrected chi connectivity index (χ0v) is 18.8. The fourth-order valence-corrected chi connectivity index (χ4v) is 3.05. The van der Waals surface area contributed by atoms with Crippen molar-refractivity contribution in [2.45, 2.75) is 0 Å². The highest BCUT2D eigenvalue weighted by Gasteiger charge is 2.12. The summed E-state index contributed by atoms with van der Waals surface area (Å²) in [5.74, 6) is 0.607. The molecule has 3 aromatic rings. The zero-order valence-electron chi connectivity index (χ0n) is 16.5. The van der Waals surface area contributed by atoms with Gasteiger partial charge in [0.15, 0.2) is 18.1 Å². The molecule has 5 nitrogen and oxygen atoms in total. The minimum absolute atomic E-state index is 0.248. The molecule has 0 aromatic heterocycles. The number of esters is 1. The largest absolute Gasteiger partial charge is 0.493 e. The van der Waals surface area contributed by atoms with Gasteiger partial charge >= 0.3 is 5.97 Å². The van der Waals surface area contributed by atoms with Crippen LogP contribution in [-0.2, 0) is 4.79 Å². The highest BCUT2D eigenvalue weighted by molar-refractivity contribution is 9.10. The topological polar surface area (TPSA) is 68.5 Å². The Morgan fingerprint density at radius 3 is 2.42 bits per heavy atom. The van der Waals surface area contributed by atoms with Gasteiger partial charge in [-0.3, -0.25) is 0 Å². The summed E-state index contributed by atoms with van der Waals surface area (Å²) >= 11 is 9.25. The van der Waals surface area contributed by atoms with Crippen LogP contribution in [0.2, 0.25) is 5.02 Å². The first-order valence-electron chi connectivity index (χ1n) is 9.13. The highest BCUT2D eigenvalue weighted by atomic mass is 79.9. The first kappa shape index (κ1) is 22.4. The maximum absolute atomic E-state index is 12.2. The van der Waals surface area contributed by atoms with Crippen molar-refractivity contribution in [3.8, 4) is 23.3 Å². The van der Waals surface area contributed by atoms with Crippen molar-refractivity contribution in [2.24, 2.45) is 0 Å². The fourth-order valence-electron chi connectivity index (χ4n) is 2.66. The Labute approximate surface area is 193 Å². The second kappa shape index (κ2) is 10.7. The number of methoxy groups -OCH3 is 1. The molecule has 0 radical (unpaired) electrons. The van der Waals surface area contributed by atoms with Crippen LogP contribution < -0.4 is 14.2 Å². The number of halogens is 2. The highest BCUT2D eigenvalue weighted by Crippen LogP contribution is 2.30.